The quantitative estimate of drug-likeness (QED) is 0.833. The predicted octanol–water partition coefficient (Wildman–Crippen LogP) is 1.87. The van der Waals surface area contributed by atoms with Crippen LogP contribution in [0.3, 0.4) is 0 Å². The van der Waals surface area contributed by atoms with Crippen molar-refractivity contribution < 1.29 is 14.3 Å². The fourth-order valence-electron chi connectivity index (χ4n) is 3.73. The zero-order chi connectivity index (χ0) is 15.4. The van der Waals surface area contributed by atoms with Gasteiger partial charge in [0.05, 0.1) is 12.7 Å². The van der Waals surface area contributed by atoms with Gasteiger partial charge in [-0.15, -0.1) is 0 Å². The molecule has 5 nitrogen and oxygen atoms in total. The largest absolute Gasteiger partial charge is 0.375 e. The summed E-state index contributed by atoms with van der Waals surface area (Å²) in [6.45, 7) is 2.46. The molecule has 0 spiro atoms. The summed E-state index contributed by atoms with van der Waals surface area (Å²) in [5.41, 5.74) is 1.11. The molecule has 0 aromatic carbocycles. The van der Waals surface area contributed by atoms with Gasteiger partial charge in [0.1, 0.15) is 6.61 Å². The van der Waals surface area contributed by atoms with Crippen LogP contribution in [-0.2, 0) is 20.9 Å². The van der Waals surface area contributed by atoms with E-state index in [9.17, 15) is 4.79 Å². The number of aromatic nitrogens is 1. The minimum Gasteiger partial charge on any atom is -0.375 e. The first-order valence-corrected chi connectivity index (χ1v) is 8.05. The molecule has 2 aliphatic rings. The van der Waals surface area contributed by atoms with Crippen molar-refractivity contribution in [2.45, 2.75) is 32.0 Å². The third-order valence-electron chi connectivity index (χ3n) is 4.84. The molecule has 0 bridgehead atoms. The maximum atomic E-state index is 12.0. The molecule has 1 aliphatic heterocycles. The van der Waals surface area contributed by atoms with E-state index in [0.717, 1.165) is 25.1 Å². The minimum atomic E-state index is 0.0999. The first-order valence-electron chi connectivity index (χ1n) is 8.05. The van der Waals surface area contributed by atoms with Crippen LogP contribution >= 0.6 is 0 Å². The zero-order valence-corrected chi connectivity index (χ0v) is 13.1. The van der Waals surface area contributed by atoms with E-state index in [1.807, 2.05) is 23.2 Å². The van der Waals surface area contributed by atoms with Gasteiger partial charge in [-0.3, -0.25) is 9.78 Å². The Morgan fingerprint density at radius 3 is 3.09 bits per heavy atom. The Morgan fingerprint density at radius 1 is 1.41 bits per heavy atom. The Morgan fingerprint density at radius 2 is 2.32 bits per heavy atom. The highest BCUT2D eigenvalue weighted by molar-refractivity contribution is 5.77. The molecular weight excluding hydrogens is 280 g/mol. The molecule has 3 atom stereocenters. The Bertz CT molecular complexity index is 494. The average molecular weight is 304 g/mol. The Kier molecular flexibility index (Phi) is 5.05. The number of likely N-dealkylation sites (tertiary alicyclic amines) is 1. The van der Waals surface area contributed by atoms with E-state index in [1.54, 1.807) is 13.3 Å². The summed E-state index contributed by atoms with van der Waals surface area (Å²) >= 11 is 0. The van der Waals surface area contributed by atoms with Gasteiger partial charge in [0.25, 0.3) is 0 Å². The van der Waals surface area contributed by atoms with E-state index >= 15 is 0 Å². The van der Waals surface area contributed by atoms with Crippen molar-refractivity contribution in [2.24, 2.45) is 11.8 Å². The third kappa shape index (κ3) is 3.47. The maximum Gasteiger partial charge on any atom is 0.248 e. The van der Waals surface area contributed by atoms with Crippen LogP contribution in [0, 0.1) is 11.8 Å². The van der Waals surface area contributed by atoms with Crippen LogP contribution in [0.1, 0.15) is 24.8 Å². The summed E-state index contributed by atoms with van der Waals surface area (Å²) in [6.07, 6.45) is 7.35. The number of pyridine rings is 1. The zero-order valence-electron chi connectivity index (χ0n) is 13.1. The molecule has 1 amide bonds. The number of methoxy groups -OCH3 is 1. The van der Waals surface area contributed by atoms with Crippen LogP contribution in [0.2, 0.25) is 0 Å². The standard InChI is InChI=1S/C17H24N2O3/c1-21-12-17(20)19-9-14-5-2-6-16(15(14)10-19)22-11-13-4-3-7-18-8-13/h3-4,7-8,14-16H,2,5-6,9-12H2,1H3/t14-,15-,16?/m1/s1. The van der Waals surface area contributed by atoms with Crippen LogP contribution in [-0.4, -0.2) is 48.7 Å². The highest BCUT2D eigenvalue weighted by Gasteiger charge is 2.42. The molecule has 1 unspecified atom stereocenters. The van der Waals surface area contributed by atoms with Crippen molar-refractivity contribution in [1.29, 1.82) is 0 Å². The monoisotopic (exact) mass is 304 g/mol. The van der Waals surface area contributed by atoms with Crippen molar-refractivity contribution in [2.75, 3.05) is 26.8 Å². The van der Waals surface area contributed by atoms with Crippen molar-refractivity contribution >= 4 is 5.91 Å². The molecule has 1 saturated carbocycles. The van der Waals surface area contributed by atoms with Crippen LogP contribution in [0.5, 0.6) is 0 Å². The van der Waals surface area contributed by atoms with Gasteiger partial charge in [0.15, 0.2) is 0 Å². The van der Waals surface area contributed by atoms with Crippen molar-refractivity contribution in [1.82, 2.24) is 9.88 Å². The lowest BCUT2D eigenvalue weighted by Crippen LogP contribution is -2.35. The number of nitrogens with zero attached hydrogens (tertiary/aromatic N) is 2. The summed E-state index contributed by atoms with van der Waals surface area (Å²) < 4.78 is 11.1. The second kappa shape index (κ2) is 7.20. The molecule has 22 heavy (non-hydrogen) atoms. The van der Waals surface area contributed by atoms with Crippen LogP contribution < -0.4 is 0 Å². The summed E-state index contributed by atoms with van der Waals surface area (Å²) in [5.74, 6) is 1.14. The summed E-state index contributed by atoms with van der Waals surface area (Å²) in [6, 6.07) is 3.97. The maximum absolute atomic E-state index is 12.0. The van der Waals surface area contributed by atoms with E-state index in [2.05, 4.69) is 4.98 Å². The van der Waals surface area contributed by atoms with Gasteiger partial charge >= 0.3 is 0 Å². The third-order valence-corrected chi connectivity index (χ3v) is 4.84. The molecule has 120 valence electrons. The molecule has 1 aromatic heterocycles. The molecule has 1 aromatic rings. The lowest BCUT2D eigenvalue weighted by molar-refractivity contribution is -0.134. The first kappa shape index (κ1) is 15.4. The van der Waals surface area contributed by atoms with Crippen molar-refractivity contribution in [3.05, 3.63) is 30.1 Å². The van der Waals surface area contributed by atoms with Crippen molar-refractivity contribution in [3.63, 3.8) is 0 Å². The number of hydrogen-bond acceptors (Lipinski definition) is 4. The summed E-state index contributed by atoms with van der Waals surface area (Å²) in [4.78, 5) is 18.1. The lowest BCUT2D eigenvalue weighted by atomic mass is 9.79. The Balaban J connectivity index is 1.58. The van der Waals surface area contributed by atoms with E-state index in [-0.39, 0.29) is 18.6 Å². The van der Waals surface area contributed by atoms with Crippen LogP contribution in [0.4, 0.5) is 0 Å². The average Bonchev–Trinajstić information content (AvgIpc) is 2.99. The number of carbonyl (C=O) groups is 1. The smallest absolute Gasteiger partial charge is 0.248 e. The second-order valence-electron chi connectivity index (χ2n) is 6.30. The topological polar surface area (TPSA) is 51.7 Å². The fourth-order valence-corrected chi connectivity index (χ4v) is 3.73. The summed E-state index contributed by atoms with van der Waals surface area (Å²) in [5, 5.41) is 0. The van der Waals surface area contributed by atoms with Gasteiger partial charge in [-0.05, 0) is 30.4 Å². The normalized spacial score (nSPS) is 27.7. The predicted molar refractivity (Wildman–Crippen MR) is 82.1 cm³/mol. The van der Waals surface area contributed by atoms with Gasteiger partial charge < -0.3 is 14.4 Å². The van der Waals surface area contributed by atoms with Crippen LogP contribution in [0.15, 0.2) is 24.5 Å². The van der Waals surface area contributed by atoms with Gasteiger partial charge in [0, 0.05) is 38.5 Å². The molecule has 3 rings (SSSR count). The molecule has 0 N–H and O–H groups in total. The molecule has 5 heteroatoms. The van der Waals surface area contributed by atoms with E-state index in [4.69, 9.17) is 9.47 Å². The van der Waals surface area contributed by atoms with Crippen molar-refractivity contribution in [3.8, 4) is 0 Å². The molecule has 2 heterocycles. The van der Waals surface area contributed by atoms with E-state index < -0.39 is 0 Å². The number of ether oxygens (including phenoxy) is 2. The summed E-state index contributed by atoms with van der Waals surface area (Å²) in [7, 11) is 1.57. The highest BCUT2D eigenvalue weighted by atomic mass is 16.5. The molecule has 0 radical (unpaired) electrons. The molecule has 2 fully saturated rings. The second-order valence-corrected chi connectivity index (χ2v) is 6.30. The van der Waals surface area contributed by atoms with Gasteiger partial charge in [-0.1, -0.05) is 12.5 Å². The first-order chi connectivity index (χ1) is 10.8. The molecule has 1 saturated heterocycles. The van der Waals surface area contributed by atoms with Gasteiger partial charge in [0.2, 0.25) is 5.91 Å². The molecular formula is C17H24N2O3. The number of carbonyl (C=O) groups excluding carboxylic acids is 1. The Labute approximate surface area is 131 Å². The number of hydrogen-bond donors (Lipinski definition) is 0. The number of rotatable bonds is 5. The van der Waals surface area contributed by atoms with Gasteiger partial charge in [-0.25, -0.2) is 0 Å². The number of fused-ring (bicyclic) bond motifs is 1. The van der Waals surface area contributed by atoms with Gasteiger partial charge in [-0.2, -0.15) is 0 Å². The molecule has 1 aliphatic carbocycles. The Hall–Kier alpha value is -1.46. The lowest BCUT2D eigenvalue weighted by Gasteiger charge is -2.32. The van der Waals surface area contributed by atoms with Crippen LogP contribution in [0.25, 0.3) is 0 Å². The highest BCUT2D eigenvalue weighted by Crippen LogP contribution is 2.38. The minimum absolute atomic E-state index is 0.0999. The van der Waals surface area contributed by atoms with E-state index in [1.165, 1.54) is 12.8 Å². The van der Waals surface area contributed by atoms with E-state index in [0.29, 0.717) is 18.4 Å². The fraction of sp³-hybridized carbons (Fsp3) is 0.647. The SMILES string of the molecule is COCC(=O)N1C[C@H]2CCCC(OCc3cccnc3)[C@@H]2C1. The number of amides is 1.